The quantitative estimate of drug-likeness (QED) is 0.485. The highest BCUT2D eigenvalue weighted by Gasteiger charge is 2.09. The molecule has 0 aliphatic heterocycles. The third-order valence-electron chi connectivity index (χ3n) is 3.05. The van der Waals surface area contributed by atoms with E-state index in [0.29, 0.717) is 0 Å². The Balaban J connectivity index is 1.67. The Bertz CT molecular complexity index is 845. The van der Waals surface area contributed by atoms with Gasteiger partial charge in [0.15, 0.2) is 0 Å². The van der Waals surface area contributed by atoms with Crippen molar-refractivity contribution in [3.63, 3.8) is 0 Å². The third-order valence-corrected chi connectivity index (χ3v) is 6.51. The van der Waals surface area contributed by atoms with Gasteiger partial charge in [-0.1, -0.05) is 6.07 Å². The van der Waals surface area contributed by atoms with Gasteiger partial charge in [-0.3, -0.25) is 0 Å². The summed E-state index contributed by atoms with van der Waals surface area (Å²) < 4.78 is 0. The lowest BCUT2D eigenvalue weighted by Gasteiger charge is -1.93. The van der Waals surface area contributed by atoms with Gasteiger partial charge in [-0.05, 0) is 41.8 Å². The van der Waals surface area contributed by atoms with E-state index in [1.807, 2.05) is 17.4 Å². The molecule has 5 heteroatoms. The minimum absolute atomic E-state index is 0.983. The van der Waals surface area contributed by atoms with Gasteiger partial charge in [0.05, 0.1) is 10.6 Å². The molecule has 0 aliphatic rings. The first-order valence-corrected chi connectivity index (χ1v) is 8.92. The van der Waals surface area contributed by atoms with E-state index in [2.05, 4.69) is 51.7 Å². The second-order valence-corrected chi connectivity index (χ2v) is 7.51. The highest BCUT2D eigenvalue weighted by molar-refractivity contribution is 7.27. The van der Waals surface area contributed by atoms with Crippen LogP contribution in [-0.2, 0) is 0 Å². The zero-order chi connectivity index (χ0) is 14.1. The number of hydrogen-bond donors (Lipinski definition) is 0. The van der Waals surface area contributed by atoms with Crippen LogP contribution in [0.5, 0.6) is 0 Å². The Morgan fingerprint density at radius 2 is 1.43 bits per heavy atom. The maximum atomic E-state index is 4.31. The van der Waals surface area contributed by atoms with Crippen molar-refractivity contribution >= 4 is 34.0 Å². The highest BCUT2D eigenvalue weighted by atomic mass is 32.1. The summed E-state index contributed by atoms with van der Waals surface area (Å²) in [4.78, 5) is 14.7. The minimum atomic E-state index is 0.983. The molecule has 4 heterocycles. The number of rotatable bonds is 3. The molecule has 0 unspecified atom stereocenters. The van der Waals surface area contributed by atoms with Gasteiger partial charge in [0.25, 0.3) is 0 Å². The van der Waals surface area contributed by atoms with Gasteiger partial charge in [-0.25, -0.2) is 9.97 Å². The molecule has 21 heavy (non-hydrogen) atoms. The van der Waals surface area contributed by atoms with Gasteiger partial charge in [0.1, 0.15) is 6.33 Å². The molecule has 4 aromatic heterocycles. The average Bonchev–Trinajstić information content (AvgIpc) is 3.27. The summed E-state index contributed by atoms with van der Waals surface area (Å²) in [5, 5.41) is 2.12. The van der Waals surface area contributed by atoms with Crippen molar-refractivity contribution in [2.45, 2.75) is 0 Å². The van der Waals surface area contributed by atoms with E-state index in [4.69, 9.17) is 0 Å². The first kappa shape index (κ1) is 12.9. The van der Waals surface area contributed by atoms with Crippen molar-refractivity contribution < 1.29 is 0 Å². The lowest BCUT2D eigenvalue weighted by atomic mass is 10.3. The normalized spacial score (nSPS) is 10.9. The molecule has 0 bridgehead atoms. The molecule has 0 aliphatic carbocycles. The summed E-state index contributed by atoms with van der Waals surface area (Å²) in [7, 11) is 0. The fraction of sp³-hybridized carbons (Fsp3) is 0. The molecule has 0 saturated carbocycles. The van der Waals surface area contributed by atoms with Crippen LogP contribution < -0.4 is 0 Å². The average molecular weight is 326 g/mol. The topological polar surface area (TPSA) is 25.8 Å². The molecule has 0 radical (unpaired) electrons. The van der Waals surface area contributed by atoms with E-state index in [9.17, 15) is 0 Å². The number of thiophene rings is 3. The SMILES string of the molecule is c1csc(-c2ccc(-c3ccc(-c4ccncn4)s3)s2)c1. The van der Waals surface area contributed by atoms with E-state index in [1.54, 1.807) is 35.2 Å². The summed E-state index contributed by atoms with van der Waals surface area (Å²) in [6, 6.07) is 14.9. The molecule has 0 N–H and O–H groups in total. The van der Waals surface area contributed by atoms with Gasteiger partial charge in [-0.15, -0.1) is 34.0 Å². The van der Waals surface area contributed by atoms with Crippen molar-refractivity contribution in [1.82, 2.24) is 9.97 Å². The smallest absolute Gasteiger partial charge is 0.116 e. The number of nitrogens with zero attached hydrogens (tertiary/aromatic N) is 2. The predicted octanol–water partition coefficient (Wildman–Crippen LogP) is 5.66. The van der Waals surface area contributed by atoms with Crippen LogP contribution in [0.3, 0.4) is 0 Å². The molecule has 102 valence electrons. The second-order valence-electron chi connectivity index (χ2n) is 4.40. The lowest BCUT2D eigenvalue weighted by Crippen LogP contribution is -1.78. The maximum absolute atomic E-state index is 4.31. The van der Waals surface area contributed by atoms with Crippen LogP contribution in [0.2, 0.25) is 0 Å². The van der Waals surface area contributed by atoms with Crippen molar-refractivity contribution in [1.29, 1.82) is 0 Å². The summed E-state index contributed by atoms with van der Waals surface area (Å²) in [5.74, 6) is 0. The molecule has 4 aromatic rings. The maximum Gasteiger partial charge on any atom is 0.116 e. The third kappa shape index (κ3) is 2.55. The standard InChI is InChI=1S/C16H10N2S3/c1-2-13(19-9-1)14-5-6-16(21-14)15-4-3-12(20-15)11-7-8-17-10-18-11/h1-10H. The summed E-state index contributed by atoms with van der Waals surface area (Å²) >= 11 is 5.40. The van der Waals surface area contributed by atoms with Gasteiger partial charge in [-0.2, -0.15) is 0 Å². The second kappa shape index (κ2) is 5.52. The molecular formula is C16H10N2S3. The lowest BCUT2D eigenvalue weighted by molar-refractivity contribution is 1.18. The van der Waals surface area contributed by atoms with Gasteiger partial charge >= 0.3 is 0 Å². The van der Waals surface area contributed by atoms with Crippen LogP contribution in [-0.4, -0.2) is 9.97 Å². The molecule has 0 amide bonds. The Labute approximate surface area is 134 Å². The van der Waals surface area contributed by atoms with Crippen LogP contribution in [0.4, 0.5) is 0 Å². The molecule has 2 nitrogen and oxygen atoms in total. The van der Waals surface area contributed by atoms with Crippen LogP contribution >= 0.6 is 34.0 Å². The van der Waals surface area contributed by atoms with Gasteiger partial charge in [0, 0.05) is 25.7 Å². The van der Waals surface area contributed by atoms with Gasteiger partial charge < -0.3 is 0 Å². The molecular weight excluding hydrogens is 316 g/mol. The Morgan fingerprint density at radius 3 is 2.10 bits per heavy atom. The molecule has 0 atom stereocenters. The van der Waals surface area contributed by atoms with Crippen molar-refractivity contribution in [2.75, 3.05) is 0 Å². The predicted molar refractivity (Wildman–Crippen MR) is 92.0 cm³/mol. The van der Waals surface area contributed by atoms with Gasteiger partial charge in [0.2, 0.25) is 0 Å². The number of hydrogen-bond acceptors (Lipinski definition) is 5. The van der Waals surface area contributed by atoms with E-state index < -0.39 is 0 Å². The zero-order valence-corrected chi connectivity index (χ0v) is 13.3. The molecule has 0 spiro atoms. The Morgan fingerprint density at radius 1 is 0.714 bits per heavy atom. The first-order valence-electron chi connectivity index (χ1n) is 6.40. The largest absolute Gasteiger partial charge is 0.245 e. The molecule has 0 fully saturated rings. The fourth-order valence-electron chi connectivity index (χ4n) is 2.07. The van der Waals surface area contributed by atoms with E-state index >= 15 is 0 Å². The summed E-state index contributed by atoms with van der Waals surface area (Å²) in [6.45, 7) is 0. The van der Waals surface area contributed by atoms with Crippen LogP contribution in [0.25, 0.3) is 30.1 Å². The summed E-state index contributed by atoms with van der Waals surface area (Å²) in [5.41, 5.74) is 0.983. The van der Waals surface area contributed by atoms with Crippen LogP contribution in [0, 0.1) is 0 Å². The van der Waals surface area contributed by atoms with E-state index in [-0.39, 0.29) is 0 Å². The Hall–Kier alpha value is -1.82. The molecule has 0 saturated heterocycles. The highest BCUT2D eigenvalue weighted by Crippen LogP contribution is 2.40. The van der Waals surface area contributed by atoms with E-state index in [0.717, 1.165) is 5.69 Å². The van der Waals surface area contributed by atoms with Crippen molar-refractivity contribution in [3.8, 4) is 30.1 Å². The Kier molecular flexibility index (Phi) is 3.39. The van der Waals surface area contributed by atoms with Crippen LogP contribution in [0.15, 0.2) is 60.4 Å². The molecule has 4 rings (SSSR count). The van der Waals surface area contributed by atoms with E-state index in [1.165, 1.54) is 24.4 Å². The minimum Gasteiger partial charge on any atom is -0.245 e. The number of aromatic nitrogens is 2. The van der Waals surface area contributed by atoms with Crippen molar-refractivity contribution in [3.05, 3.63) is 60.4 Å². The fourth-order valence-corrected chi connectivity index (χ4v) is 4.98. The molecule has 0 aromatic carbocycles. The monoisotopic (exact) mass is 326 g/mol. The first-order chi connectivity index (χ1) is 10.4. The van der Waals surface area contributed by atoms with Crippen molar-refractivity contribution in [2.24, 2.45) is 0 Å². The van der Waals surface area contributed by atoms with Crippen LogP contribution in [0.1, 0.15) is 0 Å². The zero-order valence-electron chi connectivity index (χ0n) is 10.9. The summed E-state index contributed by atoms with van der Waals surface area (Å²) in [6.07, 6.45) is 3.37.